The van der Waals surface area contributed by atoms with Crippen LogP contribution in [-0.2, 0) is 0 Å². The van der Waals surface area contributed by atoms with Gasteiger partial charge in [-0.05, 0) is 17.8 Å². The first-order valence-corrected chi connectivity index (χ1v) is 3.70. The molecule has 2 heterocycles. The van der Waals surface area contributed by atoms with Crippen LogP contribution in [0.2, 0.25) is 0 Å². The Morgan fingerprint density at radius 1 is 1.00 bits per heavy atom. The van der Waals surface area contributed by atoms with E-state index in [0.717, 1.165) is 11.4 Å². The van der Waals surface area contributed by atoms with Crippen LogP contribution in [0, 0.1) is 20.3 Å². The quantitative estimate of drug-likeness (QED) is 0.509. The van der Waals surface area contributed by atoms with Gasteiger partial charge in [0, 0.05) is 26.2 Å². The van der Waals surface area contributed by atoms with E-state index in [1.807, 2.05) is 24.3 Å². The molecule has 1 radical (unpaired) electrons. The van der Waals surface area contributed by atoms with Gasteiger partial charge < -0.3 is 4.98 Å². The summed E-state index contributed by atoms with van der Waals surface area (Å²) < 4.78 is 0. The van der Waals surface area contributed by atoms with Gasteiger partial charge in [0.2, 0.25) is 0 Å². The van der Waals surface area contributed by atoms with Gasteiger partial charge in [-0.25, -0.2) is 0 Å². The molecule has 1 atom stereocenters. The Balaban J connectivity index is 0.000000845. The monoisotopic (exact) mass is 430 g/mol. The van der Waals surface area contributed by atoms with Gasteiger partial charge in [0.25, 0.3) is 0 Å². The molecule has 14 heavy (non-hydrogen) atoms. The SMILES string of the molecule is P.[Am].[c-]1ccnc(-c2ccccn2)c1. The van der Waals surface area contributed by atoms with Crippen molar-refractivity contribution in [2.75, 3.05) is 0 Å². The third-order valence-electron chi connectivity index (χ3n) is 1.53. The van der Waals surface area contributed by atoms with Crippen molar-refractivity contribution in [1.82, 2.24) is 9.97 Å². The van der Waals surface area contributed by atoms with E-state index >= 15 is 0 Å². The van der Waals surface area contributed by atoms with E-state index in [9.17, 15) is 0 Å². The third kappa shape index (κ3) is 3.12. The fourth-order valence-corrected chi connectivity index (χ4v) is 0.979. The zero-order valence-corrected chi connectivity index (χ0v) is 12.1. The molecule has 0 aliphatic rings. The second-order valence-corrected chi connectivity index (χ2v) is 2.36. The van der Waals surface area contributed by atoms with Crippen molar-refractivity contribution in [3.05, 3.63) is 48.8 Å². The van der Waals surface area contributed by atoms with Crippen LogP contribution < -0.4 is 0 Å². The average Bonchev–Trinajstić information content (AvgIpc) is 2.21. The molecule has 0 saturated carbocycles. The maximum absolute atomic E-state index is 4.17. The van der Waals surface area contributed by atoms with Crippen molar-refractivity contribution in [3.63, 3.8) is 0 Å². The fraction of sp³-hybridized carbons (Fsp3) is 0. The topological polar surface area (TPSA) is 25.8 Å². The van der Waals surface area contributed by atoms with Crippen molar-refractivity contribution in [2.24, 2.45) is 0 Å². The van der Waals surface area contributed by atoms with Gasteiger partial charge in [-0.1, -0.05) is 12.3 Å². The molecule has 4 heteroatoms. The van der Waals surface area contributed by atoms with Crippen LogP contribution in [0.3, 0.4) is 0 Å². The summed E-state index contributed by atoms with van der Waals surface area (Å²) in [4.78, 5) is 8.32. The van der Waals surface area contributed by atoms with Gasteiger partial charge in [0.05, 0.1) is 0 Å². The molecule has 0 aromatic carbocycles. The zero-order valence-electron chi connectivity index (χ0n) is 7.52. The Kier molecular flexibility index (Phi) is 6.14. The van der Waals surface area contributed by atoms with Crippen molar-refractivity contribution in [2.45, 2.75) is 0 Å². The van der Waals surface area contributed by atoms with Crippen LogP contribution in [-0.4, -0.2) is 9.97 Å². The number of nitrogens with zero attached hydrogens (tertiary/aromatic N) is 2. The van der Waals surface area contributed by atoms with Crippen molar-refractivity contribution < 1.29 is 14.3 Å². The Labute approximate surface area is 94.6 Å². The second kappa shape index (κ2) is 6.56. The number of rotatable bonds is 1. The second-order valence-electron chi connectivity index (χ2n) is 2.36. The van der Waals surface area contributed by atoms with E-state index < -0.39 is 0 Å². The molecule has 2 aromatic rings. The number of hydrogen-bond donors (Lipinski definition) is 0. The van der Waals surface area contributed by atoms with Gasteiger partial charge in [-0.15, -0.1) is 0 Å². The van der Waals surface area contributed by atoms with Crippen LogP contribution in [0.15, 0.2) is 42.7 Å². The van der Waals surface area contributed by atoms with E-state index in [1.165, 1.54) is 0 Å². The number of aromatic nitrogens is 2. The van der Waals surface area contributed by atoms with Gasteiger partial charge in [0.15, 0.2) is 0 Å². The first-order chi connectivity index (χ1) is 5.97. The summed E-state index contributed by atoms with van der Waals surface area (Å²) in [7, 11) is 0. The molecule has 0 bridgehead atoms. The Morgan fingerprint density at radius 2 is 1.79 bits per heavy atom. The first-order valence-electron chi connectivity index (χ1n) is 3.70. The predicted molar refractivity (Wildman–Crippen MR) is 57.4 cm³/mol. The number of pyridine rings is 2. The maximum atomic E-state index is 4.17. The standard InChI is InChI=1S/C10H7N2.Am.H3P/c1-3-7-11-9(5-1)10-6-2-4-8-12-10;;/h1,3-8H;;1H3/q-1;;. The van der Waals surface area contributed by atoms with E-state index in [-0.39, 0.29) is 24.2 Å². The minimum Gasteiger partial charge on any atom is -0.381 e. The van der Waals surface area contributed by atoms with Crippen LogP contribution in [0.5, 0.6) is 0 Å². The molecule has 0 amide bonds. The van der Waals surface area contributed by atoms with Gasteiger partial charge >= 0.3 is 0 Å². The van der Waals surface area contributed by atoms with Crippen molar-refractivity contribution in [3.8, 4) is 11.4 Å². The molecule has 0 fully saturated rings. The van der Waals surface area contributed by atoms with Crippen LogP contribution in [0.4, 0.5) is 0 Å². The molecule has 0 N–H and O–H groups in total. The van der Waals surface area contributed by atoms with E-state index in [1.54, 1.807) is 18.5 Å². The molecule has 2 aromatic heterocycles. The summed E-state index contributed by atoms with van der Waals surface area (Å²) in [5.74, 6) is 0. The van der Waals surface area contributed by atoms with Gasteiger partial charge in [-0.2, -0.15) is 28.1 Å². The van der Waals surface area contributed by atoms with Gasteiger partial charge in [-0.3, -0.25) is 4.98 Å². The Bertz CT molecular complexity index is 316. The summed E-state index contributed by atoms with van der Waals surface area (Å²) in [5, 5.41) is 0. The van der Waals surface area contributed by atoms with Crippen LogP contribution in [0.1, 0.15) is 0 Å². The molecule has 2 nitrogen and oxygen atoms in total. The largest absolute Gasteiger partial charge is 0.381 e. The Morgan fingerprint density at radius 3 is 2.36 bits per heavy atom. The van der Waals surface area contributed by atoms with Gasteiger partial charge in [0.1, 0.15) is 0 Å². The zero-order chi connectivity index (χ0) is 8.23. The predicted octanol–water partition coefficient (Wildman–Crippen LogP) is 2.00. The van der Waals surface area contributed by atoms with E-state index in [4.69, 9.17) is 0 Å². The minimum absolute atomic E-state index is 0. The first kappa shape index (κ1) is 13.1. The molecule has 0 aliphatic heterocycles. The average molecular weight is 432 g/mol. The van der Waals surface area contributed by atoms with E-state index in [2.05, 4.69) is 16.0 Å². The molecule has 73 valence electrons. The Hall–Kier alpha value is -0.880. The molecule has 1 unspecified atom stereocenters. The van der Waals surface area contributed by atoms with Crippen molar-refractivity contribution >= 4 is 9.90 Å². The molecule has 0 aliphatic carbocycles. The summed E-state index contributed by atoms with van der Waals surface area (Å²) in [5.41, 5.74) is 1.74. The molecule has 2 rings (SSSR count). The van der Waals surface area contributed by atoms with Crippen molar-refractivity contribution in [1.29, 1.82) is 0 Å². The normalized spacial score (nSPS) is 8.29. The summed E-state index contributed by atoms with van der Waals surface area (Å²) in [6.07, 6.45) is 3.47. The van der Waals surface area contributed by atoms with E-state index in [0.29, 0.717) is 0 Å². The smallest absolute Gasteiger partial charge is 0.0327 e. The van der Waals surface area contributed by atoms with Crippen LogP contribution >= 0.6 is 9.90 Å². The molecular formula is C10H10AmN2P-. The summed E-state index contributed by atoms with van der Waals surface area (Å²) in [6, 6.07) is 12.3. The third-order valence-corrected chi connectivity index (χ3v) is 1.53. The minimum atomic E-state index is 0. The molecule has 0 spiro atoms. The molecule has 0 saturated heterocycles. The summed E-state index contributed by atoms with van der Waals surface area (Å²) >= 11 is 0. The molecular weight excluding hydrogens is 422 g/mol. The maximum Gasteiger partial charge on any atom is 0.0327 e. The number of hydrogen-bond acceptors (Lipinski definition) is 2. The summed E-state index contributed by atoms with van der Waals surface area (Å²) in [6.45, 7) is 0. The van der Waals surface area contributed by atoms with Crippen LogP contribution in [0.25, 0.3) is 11.4 Å². The fourth-order valence-electron chi connectivity index (χ4n) is 0.979.